The summed E-state index contributed by atoms with van der Waals surface area (Å²) < 4.78 is 11.4. The van der Waals surface area contributed by atoms with E-state index in [1.807, 2.05) is 12.1 Å². The topological polar surface area (TPSA) is 45.2 Å². The van der Waals surface area contributed by atoms with Gasteiger partial charge in [0.15, 0.2) is 0 Å². The highest BCUT2D eigenvalue weighted by Gasteiger charge is 2.20. The van der Waals surface area contributed by atoms with Gasteiger partial charge in [0, 0.05) is 46.4 Å². The van der Waals surface area contributed by atoms with E-state index in [4.69, 9.17) is 9.47 Å². The molecule has 1 saturated heterocycles. The largest absolute Gasteiger partial charge is 0.491 e. The summed E-state index contributed by atoms with van der Waals surface area (Å²) in [5.74, 6) is 0.835. The first-order chi connectivity index (χ1) is 14.7. The highest BCUT2D eigenvalue weighted by atomic mass is 16.5. The highest BCUT2D eigenvalue weighted by molar-refractivity contribution is 5.29. The maximum absolute atomic E-state index is 10.5. The Morgan fingerprint density at radius 2 is 1.80 bits per heavy atom. The first-order valence-electron chi connectivity index (χ1n) is 11.1. The van der Waals surface area contributed by atoms with E-state index in [1.54, 1.807) is 7.11 Å². The smallest absolute Gasteiger partial charge is 0.119 e. The molecular weight excluding hydrogens is 376 g/mol. The molecule has 2 heterocycles. The van der Waals surface area contributed by atoms with Crippen molar-refractivity contribution in [3.05, 3.63) is 65.2 Å². The average molecular weight is 411 g/mol. The van der Waals surface area contributed by atoms with Gasteiger partial charge in [0.05, 0.1) is 6.10 Å². The van der Waals surface area contributed by atoms with Crippen LogP contribution in [0, 0.1) is 0 Å². The Morgan fingerprint density at radius 1 is 1.00 bits per heavy atom. The fraction of sp³-hybridized carbons (Fsp3) is 0.520. The lowest BCUT2D eigenvalue weighted by molar-refractivity contribution is 0.0388. The Balaban J connectivity index is 1.22. The maximum Gasteiger partial charge on any atom is 0.119 e. The van der Waals surface area contributed by atoms with Gasteiger partial charge in [0.25, 0.3) is 0 Å². The van der Waals surface area contributed by atoms with Crippen LogP contribution in [0.5, 0.6) is 5.75 Å². The number of aliphatic hydroxyl groups excluding tert-OH is 1. The van der Waals surface area contributed by atoms with Crippen molar-refractivity contribution in [2.24, 2.45) is 0 Å². The van der Waals surface area contributed by atoms with Crippen molar-refractivity contribution < 1.29 is 14.6 Å². The van der Waals surface area contributed by atoms with E-state index < -0.39 is 6.10 Å². The number of fused-ring (bicyclic) bond motifs is 1. The van der Waals surface area contributed by atoms with Gasteiger partial charge in [-0.3, -0.25) is 9.80 Å². The molecule has 162 valence electrons. The quantitative estimate of drug-likeness (QED) is 0.725. The van der Waals surface area contributed by atoms with Crippen molar-refractivity contribution in [3.8, 4) is 5.75 Å². The minimum Gasteiger partial charge on any atom is -0.491 e. The minimum atomic E-state index is -0.494. The molecule has 0 spiro atoms. The molecule has 1 atom stereocenters. The van der Waals surface area contributed by atoms with Crippen LogP contribution < -0.4 is 4.74 Å². The maximum atomic E-state index is 10.5. The number of piperidine rings is 1. The number of hydrogen-bond donors (Lipinski definition) is 1. The normalized spacial score (nSPS) is 19.4. The number of β-amino-alcohol motifs (C(OH)–C–C–N with tert-alkyl or cyclic N) is 1. The lowest BCUT2D eigenvalue weighted by atomic mass is 10.00. The second-order valence-corrected chi connectivity index (χ2v) is 8.58. The molecule has 0 unspecified atom stereocenters. The SMILES string of the molecule is COC1CCN(Cc2cccc(OC[C@@H](O)CN3CCc4ccccc4C3)c2)CC1. The van der Waals surface area contributed by atoms with Gasteiger partial charge >= 0.3 is 0 Å². The monoisotopic (exact) mass is 410 g/mol. The molecular formula is C25H34N2O3. The molecule has 0 aromatic heterocycles. The van der Waals surface area contributed by atoms with E-state index in [1.165, 1.54) is 16.7 Å². The minimum absolute atomic E-state index is 0.320. The van der Waals surface area contributed by atoms with E-state index in [0.717, 1.165) is 57.7 Å². The van der Waals surface area contributed by atoms with Crippen molar-refractivity contribution in [1.82, 2.24) is 9.80 Å². The number of rotatable bonds is 8. The van der Waals surface area contributed by atoms with Crippen LogP contribution in [0.1, 0.15) is 29.5 Å². The Kier molecular flexibility index (Phi) is 7.39. The molecule has 2 aromatic rings. The number of benzene rings is 2. The Labute approximate surface area is 180 Å². The predicted molar refractivity (Wildman–Crippen MR) is 119 cm³/mol. The molecule has 2 aliphatic rings. The van der Waals surface area contributed by atoms with E-state index in [-0.39, 0.29) is 0 Å². The number of methoxy groups -OCH3 is 1. The van der Waals surface area contributed by atoms with Gasteiger partial charge < -0.3 is 14.6 Å². The fourth-order valence-corrected chi connectivity index (χ4v) is 4.55. The summed E-state index contributed by atoms with van der Waals surface area (Å²) in [4.78, 5) is 4.79. The number of ether oxygens (including phenoxy) is 2. The van der Waals surface area contributed by atoms with Gasteiger partial charge in [-0.05, 0) is 48.1 Å². The third-order valence-corrected chi connectivity index (χ3v) is 6.29. The van der Waals surface area contributed by atoms with Crippen LogP contribution in [0.25, 0.3) is 0 Å². The molecule has 5 nitrogen and oxygen atoms in total. The molecule has 0 amide bonds. The highest BCUT2D eigenvalue weighted by Crippen LogP contribution is 2.20. The zero-order valence-corrected chi connectivity index (χ0v) is 18.0. The molecule has 30 heavy (non-hydrogen) atoms. The average Bonchev–Trinajstić information content (AvgIpc) is 2.78. The molecule has 2 aromatic carbocycles. The summed E-state index contributed by atoms with van der Waals surface area (Å²) in [6.45, 7) is 5.93. The third kappa shape index (κ3) is 5.82. The van der Waals surface area contributed by atoms with Crippen molar-refractivity contribution in [3.63, 3.8) is 0 Å². The van der Waals surface area contributed by atoms with Crippen LogP contribution in [-0.4, -0.2) is 67.0 Å². The van der Waals surface area contributed by atoms with E-state index >= 15 is 0 Å². The molecule has 2 aliphatic heterocycles. The van der Waals surface area contributed by atoms with Gasteiger partial charge in [0.1, 0.15) is 18.5 Å². The lowest BCUT2D eigenvalue weighted by Gasteiger charge is -2.31. The van der Waals surface area contributed by atoms with Gasteiger partial charge in [-0.2, -0.15) is 0 Å². The zero-order valence-electron chi connectivity index (χ0n) is 18.0. The Bertz CT molecular complexity index is 804. The molecule has 0 saturated carbocycles. The number of likely N-dealkylation sites (tertiary alicyclic amines) is 1. The Hall–Kier alpha value is -1.92. The third-order valence-electron chi connectivity index (χ3n) is 6.29. The van der Waals surface area contributed by atoms with Crippen LogP contribution >= 0.6 is 0 Å². The summed E-state index contributed by atoms with van der Waals surface area (Å²) in [6.07, 6.45) is 3.16. The summed E-state index contributed by atoms with van der Waals surface area (Å²) in [7, 11) is 1.81. The van der Waals surface area contributed by atoms with Crippen LogP contribution in [-0.2, 0) is 24.2 Å². The van der Waals surface area contributed by atoms with Crippen LogP contribution in [0.4, 0.5) is 0 Å². The van der Waals surface area contributed by atoms with E-state index in [2.05, 4.69) is 46.2 Å². The van der Waals surface area contributed by atoms with Gasteiger partial charge in [0.2, 0.25) is 0 Å². The predicted octanol–water partition coefficient (Wildman–Crippen LogP) is 3.10. The van der Waals surface area contributed by atoms with Gasteiger partial charge in [-0.1, -0.05) is 36.4 Å². The molecule has 5 heteroatoms. The first-order valence-corrected chi connectivity index (χ1v) is 11.1. The number of aliphatic hydroxyl groups is 1. The summed E-state index contributed by atoms with van der Waals surface area (Å²) >= 11 is 0. The molecule has 0 radical (unpaired) electrons. The molecule has 4 rings (SSSR count). The van der Waals surface area contributed by atoms with E-state index in [9.17, 15) is 5.11 Å². The van der Waals surface area contributed by atoms with E-state index in [0.29, 0.717) is 19.3 Å². The fourth-order valence-electron chi connectivity index (χ4n) is 4.55. The summed E-state index contributed by atoms with van der Waals surface area (Å²) in [6, 6.07) is 16.9. The van der Waals surface area contributed by atoms with Crippen LogP contribution in [0.15, 0.2) is 48.5 Å². The Morgan fingerprint density at radius 3 is 2.60 bits per heavy atom. The van der Waals surface area contributed by atoms with Crippen molar-refractivity contribution >= 4 is 0 Å². The second kappa shape index (κ2) is 10.4. The molecule has 0 bridgehead atoms. The zero-order chi connectivity index (χ0) is 20.8. The molecule has 0 aliphatic carbocycles. The standard InChI is InChI=1S/C25H34N2O3/c1-29-24-10-13-26(14-11-24)16-20-5-4-8-25(15-20)30-19-23(28)18-27-12-9-21-6-2-3-7-22(21)17-27/h2-8,15,23-24,28H,9-14,16-19H2,1H3/t23-/m0/s1. The number of nitrogens with zero attached hydrogens (tertiary/aromatic N) is 2. The molecule has 1 N–H and O–H groups in total. The van der Waals surface area contributed by atoms with Gasteiger partial charge in [-0.25, -0.2) is 0 Å². The molecule has 1 fully saturated rings. The lowest BCUT2D eigenvalue weighted by Crippen LogP contribution is -2.38. The van der Waals surface area contributed by atoms with Crippen LogP contribution in [0.3, 0.4) is 0 Å². The first kappa shape index (κ1) is 21.3. The van der Waals surface area contributed by atoms with Crippen LogP contribution in [0.2, 0.25) is 0 Å². The second-order valence-electron chi connectivity index (χ2n) is 8.58. The van der Waals surface area contributed by atoms with Gasteiger partial charge in [-0.15, -0.1) is 0 Å². The number of hydrogen-bond acceptors (Lipinski definition) is 5. The van der Waals surface area contributed by atoms with Crippen molar-refractivity contribution in [2.75, 3.05) is 39.9 Å². The summed E-state index contributed by atoms with van der Waals surface area (Å²) in [5.41, 5.74) is 4.06. The summed E-state index contributed by atoms with van der Waals surface area (Å²) in [5, 5.41) is 10.5. The van der Waals surface area contributed by atoms with Crippen molar-refractivity contribution in [2.45, 2.75) is 44.6 Å². The van der Waals surface area contributed by atoms with Crippen molar-refractivity contribution in [1.29, 1.82) is 0 Å².